The van der Waals surface area contributed by atoms with E-state index in [-0.39, 0.29) is 36.4 Å². The van der Waals surface area contributed by atoms with Crippen LogP contribution in [0.15, 0.2) is 17.6 Å². The second kappa shape index (κ2) is 10.0. The van der Waals surface area contributed by atoms with Gasteiger partial charge in [0.25, 0.3) is 0 Å². The summed E-state index contributed by atoms with van der Waals surface area (Å²) in [6.45, 7) is 8.84. The van der Waals surface area contributed by atoms with E-state index in [0.717, 1.165) is 25.0 Å². The summed E-state index contributed by atoms with van der Waals surface area (Å²) in [5.41, 5.74) is 0. The third-order valence-corrected chi connectivity index (χ3v) is 3.35. The number of hydrogen-bond donors (Lipinski definition) is 1. The van der Waals surface area contributed by atoms with Gasteiger partial charge in [0.05, 0.1) is 0 Å². The van der Waals surface area contributed by atoms with Gasteiger partial charge in [-0.05, 0) is 18.8 Å². The lowest BCUT2D eigenvalue weighted by atomic mass is 10.00. The number of guanidine groups is 1. The fourth-order valence-corrected chi connectivity index (χ4v) is 1.94. The highest BCUT2D eigenvalue weighted by Gasteiger charge is 2.18. The molecule has 116 valence electrons. The first-order valence-electron chi connectivity index (χ1n) is 6.89. The summed E-state index contributed by atoms with van der Waals surface area (Å²) < 4.78 is 0. The first-order valence-corrected chi connectivity index (χ1v) is 6.89. The van der Waals surface area contributed by atoms with Gasteiger partial charge < -0.3 is 15.1 Å². The normalized spacial score (nSPS) is 16.4. The third-order valence-electron chi connectivity index (χ3n) is 3.35. The molecule has 1 aliphatic rings. The van der Waals surface area contributed by atoms with E-state index in [4.69, 9.17) is 0 Å². The van der Waals surface area contributed by atoms with E-state index >= 15 is 0 Å². The minimum Gasteiger partial charge on any atom is -0.353 e. The number of carbonyl (C=O) groups is 1. The monoisotopic (exact) mass is 394 g/mol. The van der Waals surface area contributed by atoms with E-state index < -0.39 is 0 Å². The molecule has 0 aromatic rings. The molecule has 6 heteroatoms. The van der Waals surface area contributed by atoms with Crippen molar-refractivity contribution in [1.29, 1.82) is 0 Å². The molecular formula is C14H27IN4O. The maximum absolute atomic E-state index is 11.6. The van der Waals surface area contributed by atoms with Crippen LogP contribution in [0.4, 0.5) is 0 Å². The number of hydrogen-bond acceptors (Lipinski definition) is 2. The van der Waals surface area contributed by atoms with Crippen molar-refractivity contribution in [3.63, 3.8) is 0 Å². The molecule has 1 saturated heterocycles. The Kier molecular flexibility index (Phi) is 9.62. The number of aliphatic imine (C=N–C) groups is 1. The second-order valence-electron chi connectivity index (χ2n) is 5.27. The van der Waals surface area contributed by atoms with Gasteiger partial charge in [-0.25, -0.2) is 4.99 Å². The zero-order chi connectivity index (χ0) is 14.3. The Balaban J connectivity index is 0.00000361. The summed E-state index contributed by atoms with van der Waals surface area (Å²) in [6, 6.07) is 0. The van der Waals surface area contributed by atoms with Crippen LogP contribution >= 0.6 is 24.0 Å². The first-order chi connectivity index (χ1) is 9.04. The zero-order valence-corrected chi connectivity index (χ0v) is 15.1. The topological polar surface area (TPSA) is 47.9 Å². The molecule has 0 aromatic carbocycles. The first kappa shape index (κ1) is 19.2. The number of rotatable bonds is 4. The number of piperidine rings is 1. The van der Waals surface area contributed by atoms with Crippen molar-refractivity contribution >= 4 is 35.8 Å². The lowest BCUT2D eigenvalue weighted by Gasteiger charge is -2.33. The molecule has 0 spiro atoms. The Morgan fingerprint density at radius 2 is 2.05 bits per heavy atom. The maximum atomic E-state index is 11.6. The summed E-state index contributed by atoms with van der Waals surface area (Å²) in [5.74, 6) is 1.62. The average molecular weight is 394 g/mol. The van der Waals surface area contributed by atoms with Crippen LogP contribution in [0.3, 0.4) is 0 Å². The molecule has 1 aliphatic heterocycles. The van der Waals surface area contributed by atoms with Crippen molar-refractivity contribution in [2.45, 2.75) is 19.8 Å². The van der Waals surface area contributed by atoms with E-state index in [1.165, 1.54) is 12.8 Å². The Morgan fingerprint density at radius 3 is 2.55 bits per heavy atom. The number of nitrogens with one attached hydrogen (secondary N) is 1. The lowest BCUT2D eigenvalue weighted by Crippen LogP contribution is -2.46. The zero-order valence-electron chi connectivity index (χ0n) is 12.8. The number of halogens is 1. The van der Waals surface area contributed by atoms with Gasteiger partial charge in [0.2, 0.25) is 5.91 Å². The Bertz CT molecular complexity index is 336. The molecule has 1 heterocycles. The molecular weight excluding hydrogens is 367 g/mol. The van der Waals surface area contributed by atoms with Gasteiger partial charge in [0.1, 0.15) is 6.54 Å². The van der Waals surface area contributed by atoms with Crippen molar-refractivity contribution < 1.29 is 4.79 Å². The van der Waals surface area contributed by atoms with Gasteiger partial charge in [0, 0.05) is 33.7 Å². The molecule has 0 aliphatic carbocycles. The summed E-state index contributed by atoms with van der Waals surface area (Å²) in [6.07, 6.45) is 4.16. The summed E-state index contributed by atoms with van der Waals surface area (Å²) in [5, 5.41) is 3.24. The van der Waals surface area contributed by atoms with Crippen molar-refractivity contribution in [2.75, 3.05) is 40.3 Å². The number of nitrogens with zero attached hydrogens (tertiary/aromatic N) is 3. The molecule has 20 heavy (non-hydrogen) atoms. The van der Waals surface area contributed by atoms with Crippen LogP contribution in [0, 0.1) is 5.92 Å². The van der Waals surface area contributed by atoms with Gasteiger partial charge in [0.15, 0.2) is 5.96 Å². The number of carbonyl (C=O) groups excluding carboxylic acids is 1. The van der Waals surface area contributed by atoms with Gasteiger partial charge in [-0.15, -0.1) is 30.6 Å². The Labute approximate surface area is 139 Å². The lowest BCUT2D eigenvalue weighted by molar-refractivity contribution is -0.127. The van der Waals surface area contributed by atoms with Gasteiger partial charge in [-0.1, -0.05) is 13.0 Å². The quantitative estimate of drug-likeness (QED) is 0.341. The van der Waals surface area contributed by atoms with Crippen LogP contribution in [0.2, 0.25) is 0 Å². The largest absolute Gasteiger partial charge is 0.353 e. The molecule has 1 rings (SSSR count). The summed E-state index contributed by atoms with van der Waals surface area (Å²) in [4.78, 5) is 19.8. The van der Waals surface area contributed by atoms with Gasteiger partial charge in [-0.2, -0.15) is 0 Å². The fraction of sp³-hybridized carbons (Fsp3) is 0.714. The average Bonchev–Trinajstić information content (AvgIpc) is 2.39. The summed E-state index contributed by atoms with van der Waals surface area (Å²) in [7, 11) is 3.49. The van der Waals surface area contributed by atoms with Crippen LogP contribution in [-0.4, -0.2) is 61.9 Å². The molecule has 0 aromatic heterocycles. The number of amides is 1. The molecule has 0 unspecified atom stereocenters. The van der Waals surface area contributed by atoms with Gasteiger partial charge >= 0.3 is 0 Å². The number of likely N-dealkylation sites (tertiary alicyclic amines) is 1. The smallest absolute Gasteiger partial charge is 0.243 e. The predicted molar refractivity (Wildman–Crippen MR) is 94.6 cm³/mol. The van der Waals surface area contributed by atoms with Crippen LogP contribution in [0.25, 0.3) is 0 Å². The molecule has 1 N–H and O–H groups in total. The molecule has 1 amide bonds. The van der Waals surface area contributed by atoms with Crippen LogP contribution in [-0.2, 0) is 4.79 Å². The van der Waals surface area contributed by atoms with Crippen molar-refractivity contribution in [3.05, 3.63) is 12.7 Å². The highest BCUT2D eigenvalue weighted by atomic mass is 127. The van der Waals surface area contributed by atoms with E-state index in [1.807, 2.05) is 0 Å². The molecule has 0 atom stereocenters. The molecule has 1 fully saturated rings. The van der Waals surface area contributed by atoms with Crippen molar-refractivity contribution in [2.24, 2.45) is 10.9 Å². The van der Waals surface area contributed by atoms with E-state index in [0.29, 0.717) is 6.54 Å². The highest BCUT2D eigenvalue weighted by Crippen LogP contribution is 2.15. The predicted octanol–water partition coefficient (Wildman–Crippen LogP) is 1.56. The molecule has 0 bridgehead atoms. The second-order valence-corrected chi connectivity index (χ2v) is 5.27. The standard InChI is InChI=1S/C14H26N4O.HI/c1-5-8-15-14(16-11-13(19)17(3)4)18-9-6-12(2)7-10-18;/h5,12H,1,6-11H2,2-4H3,(H,15,16);1H. The molecule has 0 radical (unpaired) electrons. The van der Waals surface area contributed by atoms with Crippen LogP contribution in [0.5, 0.6) is 0 Å². The van der Waals surface area contributed by atoms with E-state index in [9.17, 15) is 4.79 Å². The van der Waals surface area contributed by atoms with Crippen molar-refractivity contribution in [1.82, 2.24) is 15.1 Å². The molecule has 0 saturated carbocycles. The minimum atomic E-state index is 0. The van der Waals surface area contributed by atoms with Gasteiger partial charge in [-0.3, -0.25) is 4.79 Å². The van der Waals surface area contributed by atoms with Crippen molar-refractivity contribution in [3.8, 4) is 0 Å². The minimum absolute atomic E-state index is 0. The van der Waals surface area contributed by atoms with Crippen LogP contribution in [0.1, 0.15) is 19.8 Å². The maximum Gasteiger partial charge on any atom is 0.243 e. The highest BCUT2D eigenvalue weighted by molar-refractivity contribution is 14.0. The SMILES string of the molecule is C=CCNC(=NCC(=O)N(C)C)N1CCC(C)CC1.I. The van der Waals surface area contributed by atoms with E-state index in [2.05, 4.69) is 28.7 Å². The third kappa shape index (κ3) is 6.58. The molecule has 5 nitrogen and oxygen atoms in total. The van der Waals surface area contributed by atoms with Crippen LogP contribution < -0.4 is 5.32 Å². The van der Waals surface area contributed by atoms with E-state index in [1.54, 1.807) is 25.1 Å². The number of likely N-dealkylation sites (N-methyl/N-ethyl adjacent to an activating group) is 1. The fourth-order valence-electron chi connectivity index (χ4n) is 1.94. The summed E-state index contributed by atoms with van der Waals surface area (Å²) >= 11 is 0. The Morgan fingerprint density at radius 1 is 1.45 bits per heavy atom. The Hall–Kier alpha value is -0.790.